The zero-order chi connectivity index (χ0) is 15.3. The molecule has 21 heavy (non-hydrogen) atoms. The molecule has 0 radical (unpaired) electrons. The van der Waals surface area contributed by atoms with E-state index in [1.807, 2.05) is 0 Å². The Labute approximate surface area is 120 Å². The van der Waals surface area contributed by atoms with E-state index >= 15 is 0 Å². The number of nitrogens with one attached hydrogen (secondary N) is 1. The Bertz CT molecular complexity index is 485. The number of hydrogen-bond donors (Lipinski definition) is 1. The molecular weight excluding hydrogens is 285 g/mol. The fourth-order valence-corrected chi connectivity index (χ4v) is 2.12. The molecule has 0 bridgehead atoms. The summed E-state index contributed by atoms with van der Waals surface area (Å²) in [6, 6.07) is 6.03. The summed E-state index contributed by atoms with van der Waals surface area (Å²) in [4.78, 5) is 13.6. The van der Waals surface area contributed by atoms with Crippen molar-refractivity contribution in [1.29, 1.82) is 0 Å². The van der Waals surface area contributed by atoms with Crippen LogP contribution in [0.2, 0.25) is 0 Å². The van der Waals surface area contributed by atoms with Crippen molar-refractivity contribution in [2.24, 2.45) is 0 Å². The van der Waals surface area contributed by atoms with Crippen molar-refractivity contribution in [3.05, 3.63) is 29.8 Å². The normalized spacial score (nSPS) is 15.9. The number of alkyl halides is 3. The van der Waals surface area contributed by atoms with Crippen LogP contribution in [-0.2, 0) is 16.0 Å². The highest BCUT2D eigenvalue weighted by Gasteiger charge is 2.27. The molecule has 7 heteroatoms. The van der Waals surface area contributed by atoms with E-state index in [0.717, 1.165) is 0 Å². The average Bonchev–Trinajstić information content (AvgIpc) is 2.44. The molecule has 0 unspecified atom stereocenters. The molecule has 0 atom stereocenters. The van der Waals surface area contributed by atoms with E-state index in [1.165, 1.54) is 12.1 Å². The van der Waals surface area contributed by atoms with Crippen molar-refractivity contribution < 1.29 is 22.7 Å². The Morgan fingerprint density at radius 1 is 1.29 bits per heavy atom. The molecular formula is C14H17F3N2O2. The number of anilines is 1. The highest BCUT2D eigenvalue weighted by Crippen LogP contribution is 2.22. The zero-order valence-corrected chi connectivity index (χ0v) is 11.4. The van der Waals surface area contributed by atoms with Gasteiger partial charge in [0.1, 0.15) is 0 Å². The lowest BCUT2D eigenvalue weighted by atomic mass is 10.1. The van der Waals surface area contributed by atoms with Gasteiger partial charge in [0.05, 0.1) is 26.2 Å². The first kappa shape index (κ1) is 15.6. The molecule has 2 rings (SSSR count). The Morgan fingerprint density at radius 3 is 2.67 bits per heavy atom. The molecule has 1 heterocycles. The minimum Gasteiger partial charge on any atom is -0.378 e. The molecule has 0 aliphatic carbocycles. The number of nitrogens with zero attached hydrogens (tertiary/aromatic N) is 1. The van der Waals surface area contributed by atoms with Crippen molar-refractivity contribution >= 4 is 11.6 Å². The van der Waals surface area contributed by atoms with Gasteiger partial charge in [-0.15, -0.1) is 0 Å². The first-order valence-corrected chi connectivity index (χ1v) is 6.69. The predicted octanol–water partition coefficient (Wildman–Crippen LogP) is 2.06. The number of hydrogen-bond acceptors (Lipinski definition) is 3. The number of morpholine rings is 1. The summed E-state index contributed by atoms with van der Waals surface area (Å²) in [5.41, 5.74) is 0.685. The Balaban J connectivity index is 1.87. The van der Waals surface area contributed by atoms with E-state index in [2.05, 4.69) is 5.32 Å². The van der Waals surface area contributed by atoms with Crippen LogP contribution >= 0.6 is 0 Å². The van der Waals surface area contributed by atoms with Crippen molar-refractivity contribution in [2.45, 2.75) is 12.6 Å². The highest BCUT2D eigenvalue weighted by atomic mass is 19.4. The molecule has 1 fully saturated rings. The van der Waals surface area contributed by atoms with Crippen LogP contribution in [0.3, 0.4) is 0 Å². The molecule has 4 nitrogen and oxygen atoms in total. The summed E-state index contributed by atoms with van der Waals surface area (Å²) >= 11 is 0. The molecule has 1 aliphatic rings. The standard InChI is InChI=1S/C14H17F3N2O2/c15-14(16,17)9-11-2-1-3-12(8-11)18-10-13(20)19-4-6-21-7-5-19/h1-3,8,18H,4-7,9-10H2. The maximum absolute atomic E-state index is 12.3. The number of benzene rings is 1. The van der Waals surface area contributed by atoms with Crippen molar-refractivity contribution in [3.63, 3.8) is 0 Å². The third kappa shape index (κ3) is 5.26. The zero-order valence-electron chi connectivity index (χ0n) is 11.4. The van der Waals surface area contributed by atoms with Crippen molar-refractivity contribution in [3.8, 4) is 0 Å². The van der Waals surface area contributed by atoms with Gasteiger partial charge in [-0.05, 0) is 17.7 Å². The maximum Gasteiger partial charge on any atom is 0.393 e. The second-order valence-electron chi connectivity index (χ2n) is 4.84. The van der Waals surface area contributed by atoms with Crippen LogP contribution in [0, 0.1) is 0 Å². The van der Waals surface area contributed by atoms with Gasteiger partial charge in [-0.1, -0.05) is 12.1 Å². The van der Waals surface area contributed by atoms with E-state index < -0.39 is 12.6 Å². The molecule has 116 valence electrons. The minimum atomic E-state index is -4.23. The Kier molecular flexibility index (Phi) is 5.06. The second-order valence-corrected chi connectivity index (χ2v) is 4.84. The SMILES string of the molecule is O=C(CNc1cccc(CC(F)(F)F)c1)N1CCOCC1. The van der Waals surface area contributed by atoms with Crippen LogP contribution in [0.15, 0.2) is 24.3 Å². The van der Waals surface area contributed by atoms with Gasteiger partial charge in [-0.2, -0.15) is 13.2 Å². The fourth-order valence-electron chi connectivity index (χ4n) is 2.12. The van der Waals surface area contributed by atoms with E-state index in [9.17, 15) is 18.0 Å². The van der Waals surface area contributed by atoms with Gasteiger partial charge >= 0.3 is 6.18 Å². The largest absolute Gasteiger partial charge is 0.393 e. The van der Waals surface area contributed by atoms with E-state index in [0.29, 0.717) is 32.0 Å². The fraction of sp³-hybridized carbons (Fsp3) is 0.500. The number of carbonyl (C=O) groups is 1. The number of carbonyl (C=O) groups excluding carboxylic acids is 1. The Hall–Kier alpha value is -1.76. The summed E-state index contributed by atoms with van der Waals surface area (Å²) in [6.07, 6.45) is -5.21. The smallest absolute Gasteiger partial charge is 0.378 e. The first-order valence-electron chi connectivity index (χ1n) is 6.69. The summed E-state index contributed by atoms with van der Waals surface area (Å²) in [5.74, 6) is -0.0838. The third-order valence-corrected chi connectivity index (χ3v) is 3.14. The van der Waals surface area contributed by atoms with Crippen LogP contribution in [-0.4, -0.2) is 49.8 Å². The third-order valence-electron chi connectivity index (χ3n) is 3.14. The molecule has 1 amide bonds. The van der Waals surface area contributed by atoms with Gasteiger partial charge in [0.2, 0.25) is 5.91 Å². The van der Waals surface area contributed by atoms with Gasteiger partial charge in [0, 0.05) is 18.8 Å². The molecule has 0 aromatic heterocycles. The van der Waals surface area contributed by atoms with Crippen LogP contribution in [0.4, 0.5) is 18.9 Å². The van der Waals surface area contributed by atoms with Crippen molar-refractivity contribution in [2.75, 3.05) is 38.2 Å². The monoisotopic (exact) mass is 302 g/mol. The van der Waals surface area contributed by atoms with E-state index in [-0.39, 0.29) is 18.0 Å². The number of rotatable bonds is 4. The summed E-state index contributed by atoms with van der Waals surface area (Å²) in [5, 5.41) is 2.87. The molecule has 1 saturated heterocycles. The lowest BCUT2D eigenvalue weighted by Gasteiger charge is -2.27. The number of halogens is 3. The molecule has 0 spiro atoms. The molecule has 0 saturated carbocycles. The summed E-state index contributed by atoms with van der Waals surface area (Å²) in [6.45, 7) is 2.21. The summed E-state index contributed by atoms with van der Waals surface area (Å²) < 4.78 is 42.2. The lowest BCUT2D eigenvalue weighted by Crippen LogP contribution is -2.43. The van der Waals surface area contributed by atoms with E-state index in [1.54, 1.807) is 17.0 Å². The van der Waals surface area contributed by atoms with Gasteiger partial charge < -0.3 is 15.0 Å². The van der Waals surface area contributed by atoms with Crippen LogP contribution < -0.4 is 5.32 Å². The molecule has 1 aliphatic heterocycles. The van der Waals surface area contributed by atoms with Crippen molar-refractivity contribution in [1.82, 2.24) is 4.90 Å². The first-order chi connectivity index (χ1) is 9.94. The van der Waals surface area contributed by atoms with Gasteiger partial charge in [-0.3, -0.25) is 4.79 Å². The van der Waals surface area contributed by atoms with Crippen LogP contribution in [0.1, 0.15) is 5.56 Å². The van der Waals surface area contributed by atoms with Gasteiger partial charge in [-0.25, -0.2) is 0 Å². The van der Waals surface area contributed by atoms with Crippen LogP contribution in [0.5, 0.6) is 0 Å². The molecule has 1 aromatic carbocycles. The van der Waals surface area contributed by atoms with Crippen LogP contribution in [0.25, 0.3) is 0 Å². The molecule has 1 aromatic rings. The predicted molar refractivity (Wildman–Crippen MR) is 72.1 cm³/mol. The molecule has 1 N–H and O–H groups in total. The second kappa shape index (κ2) is 6.80. The minimum absolute atomic E-state index is 0.0650. The highest BCUT2D eigenvalue weighted by molar-refractivity contribution is 5.81. The maximum atomic E-state index is 12.3. The topological polar surface area (TPSA) is 41.6 Å². The number of amides is 1. The van der Waals surface area contributed by atoms with Gasteiger partial charge in [0.15, 0.2) is 0 Å². The summed E-state index contributed by atoms with van der Waals surface area (Å²) in [7, 11) is 0. The van der Waals surface area contributed by atoms with Gasteiger partial charge in [0.25, 0.3) is 0 Å². The average molecular weight is 302 g/mol. The van der Waals surface area contributed by atoms with E-state index in [4.69, 9.17) is 4.74 Å². The lowest BCUT2D eigenvalue weighted by molar-refractivity contribution is -0.133. The quantitative estimate of drug-likeness (QED) is 0.925. The number of ether oxygens (including phenoxy) is 1. The Morgan fingerprint density at radius 2 is 2.00 bits per heavy atom.